The first kappa shape index (κ1) is 15.0. The molecular weight excluding hydrogens is 344 g/mol. The molecule has 2 heterocycles. The number of anilines is 1. The lowest BCUT2D eigenvalue weighted by molar-refractivity contribution is 0.545. The molecule has 1 N–H and O–H groups in total. The molecule has 3 aromatic rings. The van der Waals surface area contributed by atoms with Gasteiger partial charge in [0.25, 0.3) is 0 Å². The number of rotatable bonds is 4. The number of aromatic nitrogens is 5. The third-order valence-corrected chi connectivity index (χ3v) is 4.01. The van der Waals surface area contributed by atoms with Gasteiger partial charge in [0.1, 0.15) is 6.33 Å². The number of halogens is 1. The highest BCUT2D eigenvalue weighted by atomic mass is 79.9. The third-order valence-electron chi connectivity index (χ3n) is 3.56. The lowest BCUT2D eigenvalue weighted by Crippen LogP contribution is -2.07. The summed E-state index contributed by atoms with van der Waals surface area (Å²) in [5.74, 6) is 0.628. The Hall–Kier alpha value is -1.89. The molecule has 0 aliphatic rings. The number of nitrogens with zero attached hydrogens (tertiary/aromatic N) is 5. The molecule has 0 fully saturated rings. The van der Waals surface area contributed by atoms with Crippen molar-refractivity contribution >= 4 is 32.8 Å². The minimum atomic E-state index is 0.309. The number of hydrogen-bond donors (Lipinski definition) is 1. The summed E-state index contributed by atoms with van der Waals surface area (Å²) in [4.78, 5) is 4.20. The minimum absolute atomic E-state index is 0.309. The van der Waals surface area contributed by atoms with Gasteiger partial charge in [-0.05, 0) is 38.5 Å². The van der Waals surface area contributed by atoms with E-state index in [1.807, 2.05) is 14.0 Å². The Morgan fingerprint density at radius 1 is 1.27 bits per heavy atom. The van der Waals surface area contributed by atoms with Crippen molar-refractivity contribution in [1.29, 1.82) is 0 Å². The van der Waals surface area contributed by atoms with E-state index in [1.165, 1.54) is 16.5 Å². The quantitative estimate of drug-likeness (QED) is 0.772. The largest absolute Gasteiger partial charge is 0.349 e. The standard InChI is InChI=1S/C15H19BrN6/c1-9(2)22-14-11(7-17-15-18-8-21(4)20-15)5-12(16)6-13(14)10(3)19-22/h5-6,8-9H,7H2,1-4H3,(H,17,20). The molecule has 0 amide bonds. The Kier molecular flexibility index (Phi) is 3.90. The smallest absolute Gasteiger partial charge is 0.242 e. The summed E-state index contributed by atoms with van der Waals surface area (Å²) in [6.07, 6.45) is 1.68. The maximum Gasteiger partial charge on any atom is 0.242 e. The van der Waals surface area contributed by atoms with Crippen LogP contribution in [0.4, 0.5) is 5.95 Å². The van der Waals surface area contributed by atoms with E-state index in [1.54, 1.807) is 11.0 Å². The maximum atomic E-state index is 4.68. The van der Waals surface area contributed by atoms with E-state index in [9.17, 15) is 0 Å². The topological polar surface area (TPSA) is 60.6 Å². The monoisotopic (exact) mass is 362 g/mol. The number of fused-ring (bicyclic) bond motifs is 1. The van der Waals surface area contributed by atoms with Crippen LogP contribution in [0.15, 0.2) is 22.9 Å². The molecule has 6 nitrogen and oxygen atoms in total. The SMILES string of the molecule is Cc1nn(C(C)C)c2c(CNc3ncn(C)n3)cc(Br)cc12. The van der Waals surface area contributed by atoms with E-state index >= 15 is 0 Å². The zero-order valence-corrected chi connectivity index (χ0v) is 14.7. The molecule has 0 bridgehead atoms. The van der Waals surface area contributed by atoms with Gasteiger partial charge in [0.05, 0.1) is 11.2 Å². The van der Waals surface area contributed by atoms with Crippen LogP contribution in [0.2, 0.25) is 0 Å². The summed E-state index contributed by atoms with van der Waals surface area (Å²) in [5.41, 5.74) is 3.38. The average Bonchev–Trinajstić information content (AvgIpc) is 3.01. The number of benzene rings is 1. The van der Waals surface area contributed by atoms with Crippen LogP contribution in [0.25, 0.3) is 10.9 Å². The second-order valence-corrected chi connectivity index (χ2v) is 6.60. The first-order valence-corrected chi connectivity index (χ1v) is 8.01. The van der Waals surface area contributed by atoms with Gasteiger partial charge in [0.2, 0.25) is 5.95 Å². The molecule has 0 saturated heterocycles. The fourth-order valence-electron chi connectivity index (χ4n) is 2.57. The molecular formula is C15H19BrN6. The lowest BCUT2D eigenvalue weighted by Gasteiger charge is -2.12. The van der Waals surface area contributed by atoms with Crippen LogP contribution >= 0.6 is 15.9 Å². The van der Waals surface area contributed by atoms with Crippen LogP contribution in [-0.4, -0.2) is 24.5 Å². The van der Waals surface area contributed by atoms with Gasteiger partial charge in [0, 0.05) is 29.5 Å². The molecule has 116 valence electrons. The van der Waals surface area contributed by atoms with Crippen LogP contribution in [0.3, 0.4) is 0 Å². The molecule has 0 aliphatic carbocycles. The highest BCUT2D eigenvalue weighted by molar-refractivity contribution is 9.10. The van der Waals surface area contributed by atoms with Crippen molar-refractivity contribution in [3.05, 3.63) is 34.2 Å². The predicted molar refractivity (Wildman–Crippen MR) is 90.9 cm³/mol. The summed E-state index contributed by atoms with van der Waals surface area (Å²) in [6.45, 7) is 6.99. The van der Waals surface area contributed by atoms with Gasteiger partial charge in [-0.1, -0.05) is 15.9 Å². The maximum absolute atomic E-state index is 4.68. The Labute approximate surface area is 137 Å². The van der Waals surface area contributed by atoms with E-state index in [0.29, 0.717) is 18.5 Å². The summed E-state index contributed by atoms with van der Waals surface area (Å²) < 4.78 is 4.82. The summed E-state index contributed by atoms with van der Waals surface area (Å²) >= 11 is 3.59. The van der Waals surface area contributed by atoms with E-state index < -0.39 is 0 Å². The van der Waals surface area contributed by atoms with Crippen molar-refractivity contribution < 1.29 is 0 Å². The van der Waals surface area contributed by atoms with Crippen LogP contribution in [-0.2, 0) is 13.6 Å². The molecule has 3 rings (SSSR count). The van der Waals surface area contributed by atoms with Gasteiger partial charge < -0.3 is 5.32 Å². The Morgan fingerprint density at radius 3 is 2.68 bits per heavy atom. The molecule has 22 heavy (non-hydrogen) atoms. The lowest BCUT2D eigenvalue weighted by atomic mass is 10.1. The fraction of sp³-hybridized carbons (Fsp3) is 0.400. The van der Waals surface area contributed by atoms with Crippen molar-refractivity contribution in [1.82, 2.24) is 24.5 Å². The van der Waals surface area contributed by atoms with Crippen LogP contribution in [0, 0.1) is 6.92 Å². The van der Waals surface area contributed by atoms with Gasteiger partial charge in [0.15, 0.2) is 0 Å². The first-order chi connectivity index (χ1) is 10.5. The van der Waals surface area contributed by atoms with E-state index in [0.717, 1.165) is 10.2 Å². The molecule has 7 heteroatoms. The first-order valence-electron chi connectivity index (χ1n) is 7.22. The van der Waals surface area contributed by atoms with E-state index in [2.05, 4.69) is 67.1 Å². The second-order valence-electron chi connectivity index (χ2n) is 5.68. The highest BCUT2D eigenvalue weighted by Crippen LogP contribution is 2.29. The molecule has 1 aromatic carbocycles. The van der Waals surface area contributed by atoms with Crippen molar-refractivity contribution in [3.63, 3.8) is 0 Å². The molecule has 0 unspecified atom stereocenters. The molecule has 2 aromatic heterocycles. The summed E-state index contributed by atoms with van der Waals surface area (Å²) in [5, 5.41) is 13.4. The molecule has 0 saturated carbocycles. The van der Waals surface area contributed by atoms with Gasteiger partial charge in [-0.3, -0.25) is 9.36 Å². The summed E-state index contributed by atoms with van der Waals surface area (Å²) in [6, 6.07) is 4.56. The Balaban J connectivity index is 2.03. The molecule has 0 atom stereocenters. The average molecular weight is 363 g/mol. The van der Waals surface area contributed by atoms with Gasteiger partial charge in [-0.25, -0.2) is 4.98 Å². The zero-order valence-electron chi connectivity index (χ0n) is 13.1. The molecule has 0 aliphatic heterocycles. The van der Waals surface area contributed by atoms with Gasteiger partial charge in [-0.15, -0.1) is 5.10 Å². The van der Waals surface area contributed by atoms with E-state index in [4.69, 9.17) is 0 Å². The predicted octanol–water partition coefficient (Wildman–Crippen LogP) is 3.43. The molecule has 0 spiro atoms. The van der Waals surface area contributed by atoms with Crippen molar-refractivity contribution in [2.75, 3.05) is 5.32 Å². The van der Waals surface area contributed by atoms with Crippen molar-refractivity contribution in [2.45, 2.75) is 33.4 Å². The number of hydrogen-bond acceptors (Lipinski definition) is 4. The Bertz CT molecular complexity index is 817. The van der Waals surface area contributed by atoms with Crippen LogP contribution in [0.5, 0.6) is 0 Å². The van der Waals surface area contributed by atoms with Crippen molar-refractivity contribution in [2.24, 2.45) is 7.05 Å². The van der Waals surface area contributed by atoms with Crippen LogP contribution < -0.4 is 5.32 Å². The van der Waals surface area contributed by atoms with Crippen molar-refractivity contribution in [3.8, 4) is 0 Å². The Morgan fingerprint density at radius 2 is 2.05 bits per heavy atom. The number of nitrogens with one attached hydrogen (secondary N) is 1. The normalized spacial score (nSPS) is 11.5. The highest BCUT2D eigenvalue weighted by Gasteiger charge is 2.15. The van der Waals surface area contributed by atoms with Gasteiger partial charge >= 0.3 is 0 Å². The van der Waals surface area contributed by atoms with E-state index in [-0.39, 0.29) is 0 Å². The second kappa shape index (κ2) is 5.72. The minimum Gasteiger partial charge on any atom is -0.349 e. The molecule has 0 radical (unpaired) electrons. The third kappa shape index (κ3) is 2.72. The fourth-order valence-corrected chi connectivity index (χ4v) is 3.08. The number of aryl methyl sites for hydroxylation is 2. The zero-order chi connectivity index (χ0) is 15.9. The summed E-state index contributed by atoms with van der Waals surface area (Å²) in [7, 11) is 1.85. The van der Waals surface area contributed by atoms with Crippen LogP contribution in [0.1, 0.15) is 31.1 Å². The van der Waals surface area contributed by atoms with Gasteiger partial charge in [-0.2, -0.15) is 5.10 Å².